The van der Waals surface area contributed by atoms with Crippen molar-refractivity contribution in [3.63, 3.8) is 0 Å². The summed E-state index contributed by atoms with van der Waals surface area (Å²) < 4.78 is 59.3. The van der Waals surface area contributed by atoms with E-state index in [1.54, 1.807) is 18.2 Å². The molecule has 0 aliphatic rings. The molecule has 8 heteroatoms. The van der Waals surface area contributed by atoms with E-state index in [0.717, 1.165) is 24.3 Å². The highest BCUT2D eigenvalue weighted by Gasteiger charge is 2.22. The number of carbonyl (C=O) groups is 1. The fraction of sp³-hybridized carbons (Fsp3) is 0.130. The average Bonchev–Trinajstić information content (AvgIpc) is 3.07. The summed E-state index contributed by atoms with van der Waals surface area (Å²) in [6.45, 7) is 1.17. The van der Waals surface area contributed by atoms with Crippen LogP contribution in [0, 0.1) is 23.3 Å². The maximum absolute atomic E-state index is 14.6. The third kappa shape index (κ3) is 3.88. The van der Waals surface area contributed by atoms with Gasteiger partial charge in [0.25, 0.3) is 0 Å². The molecule has 4 nitrogen and oxygen atoms in total. The van der Waals surface area contributed by atoms with Gasteiger partial charge in [0.1, 0.15) is 29.1 Å². The number of hydrogen-bond acceptors (Lipinski definition) is 2. The highest BCUT2D eigenvalue weighted by molar-refractivity contribution is 5.84. The van der Waals surface area contributed by atoms with Gasteiger partial charge in [-0.25, -0.2) is 22.5 Å². The number of nitrogens with zero attached hydrogens (tertiary/aromatic N) is 2. The molecule has 1 heterocycles. The number of aromatic nitrogens is 2. The number of nitrogens with one attached hydrogen (secondary N) is 1. The summed E-state index contributed by atoms with van der Waals surface area (Å²) in [5, 5.41) is 2.66. The molecule has 0 unspecified atom stereocenters. The van der Waals surface area contributed by atoms with Gasteiger partial charge in [-0.3, -0.25) is 4.79 Å². The van der Waals surface area contributed by atoms with Crippen molar-refractivity contribution >= 4 is 16.9 Å². The summed E-state index contributed by atoms with van der Waals surface area (Å²) in [6, 6.07) is 11.9. The third-order valence-electron chi connectivity index (χ3n) is 4.95. The van der Waals surface area contributed by atoms with Crippen molar-refractivity contribution in [1.29, 1.82) is 0 Å². The van der Waals surface area contributed by atoms with E-state index < -0.39 is 28.8 Å². The monoisotopic (exact) mass is 427 g/mol. The first-order valence-corrected chi connectivity index (χ1v) is 9.46. The number of hydrogen-bond donors (Lipinski definition) is 1. The lowest BCUT2D eigenvalue weighted by Gasteiger charge is -2.12. The predicted molar refractivity (Wildman–Crippen MR) is 108 cm³/mol. The van der Waals surface area contributed by atoms with Gasteiger partial charge in [0.15, 0.2) is 0 Å². The summed E-state index contributed by atoms with van der Waals surface area (Å²) in [7, 11) is 0. The molecule has 0 bridgehead atoms. The minimum Gasteiger partial charge on any atom is -0.352 e. The van der Waals surface area contributed by atoms with Crippen LogP contribution in [-0.4, -0.2) is 15.5 Å². The Kier molecular flexibility index (Phi) is 5.46. The molecule has 0 aliphatic carbocycles. The Morgan fingerprint density at radius 3 is 2.10 bits per heavy atom. The van der Waals surface area contributed by atoms with Gasteiger partial charge in [-0.05, 0) is 35.9 Å². The zero-order chi connectivity index (χ0) is 22.1. The molecule has 0 spiro atoms. The maximum Gasteiger partial charge on any atom is 0.217 e. The molecule has 3 aromatic carbocycles. The van der Waals surface area contributed by atoms with Crippen LogP contribution >= 0.6 is 0 Å². The average molecular weight is 427 g/mol. The highest BCUT2D eigenvalue weighted by Crippen LogP contribution is 2.32. The first-order chi connectivity index (χ1) is 14.9. The first kappa shape index (κ1) is 20.6. The van der Waals surface area contributed by atoms with Gasteiger partial charge in [0, 0.05) is 19.0 Å². The lowest BCUT2D eigenvalue weighted by Crippen LogP contribution is -2.19. The molecular weight excluding hydrogens is 410 g/mol. The standard InChI is InChI=1S/C23H17F4N3O/c1-13(31)28-11-14-5-2-10-20-22(14)29-23(21-18(26)8-4-9-19(21)27)30(20)12-15-16(24)6-3-7-17(15)25/h2-10H,11-12H2,1H3,(H,28,31). The van der Waals surface area contributed by atoms with Crippen molar-refractivity contribution in [3.05, 3.63) is 89.0 Å². The summed E-state index contributed by atoms with van der Waals surface area (Å²) in [6.07, 6.45) is 0. The molecule has 1 aromatic heterocycles. The number of fused-ring (bicyclic) bond motifs is 1. The SMILES string of the molecule is CC(=O)NCc1cccc2c1nc(-c1c(F)cccc1F)n2Cc1c(F)cccc1F. The van der Waals surface area contributed by atoms with Crippen molar-refractivity contribution in [2.45, 2.75) is 20.0 Å². The van der Waals surface area contributed by atoms with Crippen LogP contribution < -0.4 is 5.32 Å². The molecule has 0 radical (unpaired) electrons. The van der Waals surface area contributed by atoms with Crippen LogP contribution in [0.15, 0.2) is 54.6 Å². The largest absolute Gasteiger partial charge is 0.352 e. The normalized spacial score (nSPS) is 11.1. The Morgan fingerprint density at radius 1 is 0.903 bits per heavy atom. The number of para-hydroxylation sites is 1. The van der Waals surface area contributed by atoms with E-state index in [4.69, 9.17) is 0 Å². The zero-order valence-electron chi connectivity index (χ0n) is 16.4. The van der Waals surface area contributed by atoms with Crippen LogP contribution in [-0.2, 0) is 17.9 Å². The Balaban J connectivity index is 1.98. The number of halogens is 4. The highest BCUT2D eigenvalue weighted by atomic mass is 19.1. The molecule has 0 saturated heterocycles. The Morgan fingerprint density at radius 2 is 1.48 bits per heavy atom. The van der Waals surface area contributed by atoms with Crippen LogP contribution in [0.1, 0.15) is 18.1 Å². The first-order valence-electron chi connectivity index (χ1n) is 9.46. The minimum atomic E-state index is -0.853. The molecule has 1 N–H and O–H groups in total. The molecular formula is C23H17F4N3O. The molecule has 1 amide bonds. The smallest absolute Gasteiger partial charge is 0.217 e. The molecule has 0 saturated carbocycles. The molecule has 0 atom stereocenters. The lowest BCUT2D eigenvalue weighted by molar-refractivity contribution is -0.119. The van der Waals surface area contributed by atoms with Crippen molar-refractivity contribution < 1.29 is 22.4 Å². The Bertz CT molecular complexity index is 1260. The van der Waals surface area contributed by atoms with E-state index in [0.29, 0.717) is 16.6 Å². The van der Waals surface area contributed by atoms with E-state index >= 15 is 0 Å². The minimum absolute atomic E-state index is 0.108. The fourth-order valence-corrected chi connectivity index (χ4v) is 3.47. The fourth-order valence-electron chi connectivity index (χ4n) is 3.47. The van der Waals surface area contributed by atoms with Crippen molar-refractivity contribution in [2.75, 3.05) is 0 Å². The van der Waals surface area contributed by atoms with Crippen LogP contribution in [0.3, 0.4) is 0 Å². The second kappa shape index (κ2) is 8.22. The number of carbonyl (C=O) groups excluding carboxylic acids is 1. The predicted octanol–water partition coefficient (Wildman–Crippen LogP) is 4.94. The number of amides is 1. The molecule has 31 heavy (non-hydrogen) atoms. The number of benzene rings is 3. The second-order valence-corrected chi connectivity index (χ2v) is 7.01. The van der Waals surface area contributed by atoms with Gasteiger partial charge in [-0.1, -0.05) is 24.3 Å². The number of rotatable bonds is 5. The van der Waals surface area contributed by atoms with Gasteiger partial charge in [0.2, 0.25) is 5.91 Å². The summed E-state index contributed by atoms with van der Waals surface area (Å²) >= 11 is 0. The van der Waals surface area contributed by atoms with Gasteiger partial charge >= 0.3 is 0 Å². The van der Waals surface area contributed by atoms with E-state index in [1.807, 2.05) is 0 Å². The van der Waals surface area contributed by atoms with E-state index in [2.05, 4.69) is 10.3 Å². The zero-order valence-corrected chi connectivity index (χ0v) is 16.4. The van der Waals surface area contributed by atoms with Crippen molar-refractivity contribution in [2.24, 2.45) is 0 Å². The molecule has 4 rings (SSSR count). The van der Waals surface area contributed by atoms with Gasteiger partial charge < -0.3 is 9.88 Å². The van der Waals surface area contributed by atoms with Crippen LogP contribution in [0.4, 0.5) is 17.6 Å². The van der Waals surface area contributed by atoms with E-state index in [-0.39, 0.29) is 30.4 Å². The Labute approximate surface area is 175 Å². The van der Waals surface area contributed by atoms with E-state index in [1.165, 1.54) is 23.6 Å². The molecule has 0 aliphatic heterocycles. The Hall–Kier alpha value is -3.68. The van der Waals surface area contributed by atoms with Gasteiger partial charge in [-0.2, -0.15) is 0 Å². The topological polar surface area (TPSA) is 46.9 Å². The number of imidazole rings is 1. The van der Waals surface area contributed by atoms with Crippen LogP contribution in [0.5, 0.6) is 0 Å². The second-order valence-electron chi connectivity index (χ2n) is 7.01. The van der Waals surface area contributed by atoms with Crippen molar-refractivity contribution in [1.82, 2.24) is 14.9 Å². The molecule has 158 valence electrons. The quantitative estimate of drug-likeness (QED) is 0.459. The maximum atomic E-state index is 14.6. The van der Waals surface area contributed by atoms with Crippen LogP contribution in [0.25, 0.3) is 22.4 Å². The summed E-state index contributed by atoms with van der Waals surface area (Å²) in [5.41, 5.74) is 0.722. The summed E-state index contributed by atoms with van der Waals surface area (Å²) in [4.78, 5) is 15.8. The van der Waals surface area contributed by atoms with Gasteiger partial charge in [0.05, 0.1) is 23.1 Å². The van der Waals surface area contributed by atoms with Crippen LogP contribution in [0.2, 0.25) is 0 Å². The van der Waals surface area contributed by atoms with Gasteiger partial charge in [-0.15, -0.1) is 0 Å². The van der Waals surface area contributed by atoms with E-state index in [9.17, 15) is 22.4 Å². The molecule has 0 fully saturated rings. The van der Waals surface area contributed by atoms with Crippen molar-refractivity contribution in [3.8, 4) is 11.4 Å². The third-order valence-corrected chi connectivity index (χ3v) is 4.95. The lowest BCUT2D eigenvalue weighted by atomic mass is 10.1. The molecule has 4 aromatic rings. The summed E-state index contributed by atoms with van der Waals surface area (Å²) in [5.74, 6) is -3.64.